The van der Waals surface area contributed by atoms with Gasteiger partial charge in [0.05, 0.1) is 6.61 Å². The number of halogens is 3. The molecule has 0 spiro atoms. The Hall–Kier alpha value is -2.51. The van der Waals surface area contributed by atoms with E-state index in [1.807, 2.05) is 0 Å². The third-order valence-corrected chi connectivity index (χ3v) is 4.33. The van der Waals surface area contributed by atoms with Crippen LogP contribution in [0.5, 0.6) is 11.6 Å². The standard InChI is InChI=1S/C20H24F3N3O2/c1-13(2)12-27-15-9-7-14(8-10-15)25-19-24-11-17(20(21,22)23)18(26-19)28-16-5-3-4-6-16/h7-11,13,16H,3-6,12H2,1-2H3,(H,24,25,26). The van der Waals surface area contributed by atoms with Gasteiger partial charge in [-0.3, -0.25) is 0 Å². The van der Waals surface area contributed by atoms with Crippen molar-refractivity contribution in [1.29, 1.82) is 0 Å². The maximum atomic E-state index is 13.3. The molecule has 0 amide bonds. The number of benzene rings is 1. The predicted molar refractivity (Wildman–Crippen MR) is 100.0 cm³/mol. The minimum Gasteiger partial charge on any atom is -0.493 e. The van der Waals surface area contributed by atoms with Gasteiger partial charge < -0.3 is 14.8 Å². The Morgan fingerprint density at radius 3 is 2.43 bits per heavy atom. The Balaban J connectivity index is 1.74. The quantitative estimate of drug-likeness (QED) is 0.662. The van der Waals surface area contributed by atoms with Crippen molar-refractivity contribution in [2.24, 2.45) is 5.92 Å². The van der Waals surface area contributed by atoms with Crippen LogP contribution in [0.4, 0.5) is 24.8 Å². The fourth-order valence-electron chi connectivity index (χ4n) is 2.90. The molecular formula is C20H24F3N3O2. The Bertz CT molecular complexity index is 773. The molecule has 0 atom stereocenters. The maximum Gasteiger partial charge on any atom is 0.423 e. The fourth-order valence-corrected chi connectivity index (χ4v) is 2.90. The second-order valence-electron chi connectivity index (χ2n) is 7.29. The van der Waals surface area contributed by atoms with E-state index in [4.69, 9.17) is 9.47 Å². The van der Waals surface area contributed by atoms with Gasteiger partial charge in [0.25, 0.3) is 0 Å². The topological polar surface area (TPSA) is 56.3 Å². The molecule has 0 unspecified atom stereocenters. The number of hydrogen-bond donors (Lipinski definition) is 1. The first-order valence-electron chi connectivity index (χ1n) is 9.42. The van der Waals surface area contributed by atoms with E-state index in [1.54, 1.807) is 24.3 Å². The summed E-state index contributed by atoms with van der Waals surface area (Å²) >= 11 is 0. The monoisotopic (exact) mass is 395 g/mol. The first-order valence-corrected chi connectivity index (χ1v) is 9.42. The van der Waals surface area contributed by atoms with Crippen molar-refractivity contribution >= 4 is 11.6 Å². The smallest absolute Gasteiger partial charge is 0.423 e. The van der Waals surface area contributed by atoms with Gasteiger partial charge in [-0.25, -0.2) is 4.98 Å². The van der Waals surface area contributed by atoms with Gasteiger partial charge in [0, 0.05) is 11.9 Å². The average molecular weight is 395 g/mol. The Labute approximate surface area is 162 Å². The zero-order valence-corrected chi connectivity index (χ0v) is 15.9. The van der Waals surface area contributed by atoms with Crippen LogP contribution < -0.4 is 14.8 Å². The summed E-state index contributed by atoms with van der Waals surface area (Å²) in [6.45, 7) is 4.73. The maximum absolute atomic E-state index is 13.3. The lowest BCUT2D eigenvalue weighted by Crippen LogP contribution is -2.18. The van der Waals surface area contributed by atoms with Crippen LogP contribution in [0.3, 0.4) is 0 Å². The molecule has 152 valence electrons. The minimum atomic E-state index is -4.57. The Morgan fingerprint density at radius 1 is 1.14 bits per heavy atom. The number of anilines is 2. The van der Waals surface area contributed by atoms with Gasteiger partial charge in [0.1, 0.15) is 17.4 Å². The van der Waals surface area contributed by atoms with E-state index in [1.165, 1.54) is 0 Å². The zero-order chi connectivity index (χ0) is 20.1. The SMILES string of the molecule is CC(C)COc1ccc(Nc2ncc(C(F)(F)F)c(OC3CCCC3)n2)cc1. The lowest BCUT2D eigenvalue weighted by atomic mass is 10.2. The van der Waals surface area contributed by atoms with Gasteiger partial charge in [-0.2, -0.15) is 18.2 Å². The van der Waals surface area contributed by atoms with Crippen LogP contribution in [0.2, 0.25) is 0 Å². The number of nitrogens with zero attached hydrogens (tertiary/aromatic N) is 2. The number of nitrogens with one attached hydrogen (secondary N) is 1. The molecule has 1 aliphatic rings. The molecule has 0 bridgehead atoms. The summed E-state index contributed by atoms with van der Waals surface area (Å²) in [6.07, 6.45) is -0.659. The van der Waals surface area contributed by atoms with Crippen LogP contribution >= 0.6 is 0 Å². The van der Waals surface area contributed by atoms with Crippen LogP contribution in [0.1, 0.15) is 45.1 Å². The van der Waals surface area contributed by atoms with Crippen molar-refractivity contribution in [2.45, 2.75) is 51.8 Å². The van der Waals surface area contributed by atoms with Crippen LogP contribution in [-0.4, -0.2) is 22.7 Å². The molecule has 5 nitrogen and oxygen atoms in total. The van der Waals surface area contributed by atoms with E-state index in [0.29, 0.717) is 18.2 Å². The summed E-state index contributed by atoms with van der Waals surface area (Å²) in [5.41, 5.74) is -0.314. The molecule has 3 rings (SSSR count). The summed E-state index contributed by atoms with van der Waals surface area (Å²) in [5.74, 6) is 0.764. The van der Waals surface area contributed by atoms with Crippen LogP contribution in [0, 0.1) is 5.92 Å². The number of ether oxygens (including phenoxy) is 2. The number of alkyl halides is 3. The first kappa shape index (κ1) is 20.2. The second-order valence-corrected chi connectivity index (χ2v) is 7.29. The molecule has 0 aliphatic heterocycles. The summed E-state index contributed by atoms with van der Waals surface area (Å²) in [4.78, 5) is 7.79. The summed E-state index contributed by atoms with van der Waals surface area (Å²) in [7, 11) is 0. The average Bonchev–Trinajstić information content (AvgIpc) is 3.13. The third kappa shape index (κ3) is 5.50. The highest BCUT2D eigenvalue weighted by molar-refractivity contribution is 5.55. The molecule has 1 N–H and O–H groups in total. The second kappa shape index (κ2) is 8.67. The molecule has 0 radical (unpaired) electrons. The molecule has 2 aromatic rings. The van der Waals surface area contributed by atoms with Crippen LogP contribution in [0.25, 0.3) is 0 Å². The molecule has 1 aromatic carbocycles. The van der Waals surface area contributed by atoms with E-state index in [0.717, 1.165) is 37.6 Å². The lowest BCUT2D eigenvalue weighted by molar-refractivity contribution is -0.139. The highest BCUT2D eigenvalue weighted by Crippen LogP contribution is 2.37. The number of hydrogen-bond acceptors (Lipinski definition) is 5. The highest BCUT2D eigenvalue weighted by atomic mass is 19.4. The summed E-state index contributed by atoms with van der Waals surface area (Å²) in [6, 6.07) is 7.08. The first-order chi connectivity index (χ1) is 13.3. The van der Waals surface area contributed by atoms with Crippen molar-refractivity contribution in [1.82, 2.24) is 9.97 Å². The van der Waals surface area contributed by atoms with E-state index < -0.39 is 17.6 Å². The molecule has 8 heteroatoms. The Kier molecular flexibility index (Phi) is 6.26. The molecule has 1 aromatic heterocycles. The number of aromatic nitrogens is 2. The van der Waals surface area contributed by atoms with Crippen molar-refractivity contribution < 1.29 is 22.6 Å². The van der Waals surface area contributed by atoms with Crippen LogP contribution in [0.15, 0.2) is 30.5 Å². The number of rotatable bonds is 7. The van der Waals surface area contributed by atoms with Gasteiger partial charge >= 0.3 is 6.18 Å². The third-order valence-electron chi connectivity index (χ3n) is 4.33. The fraction of sp³-hybridized carbons (Fsp3) is 0.500. The van der Waals surface area contributed by atoms with Crippen molar-refractivity contribution in [2.75, 3.05) is 11.9 Å². The minimum absolute atomic E-state index is 0.0526. The van der Waals surface area contributed by atoms with Gasteiger partial charge in [0.2, 0.25) is 11.8 Å². The zero-order valence-electron chi connectivity index (χ0n) is 15.9. The highest BCUT2D eigenvalue weighted by Gasteiger charge is 2.37. The molecule has 1 heterocycles. The van der Waals surface area contributed by atoms with Gasteiger partial charge in [-0.1, -0.05) is 13.8 Å². The van der Waals surface area contributed by atoms with E-state index in [2.05, 4.69) is 29.1 Å². The molecule has 1 aliphatic carbocycles. The van der Waals surface area contributed by atoms with Crippen molar-refractivity contribution in [3.63, 3.8) is 0 Å². The molecule has 1 fully saturated rings. The summed E-state index contributed by atoms with van der Waals surface area (Å²) < 4.78 is 50.9. The predicted octanol–water partition coefficient (Wildman–Crippen LogP) is 5.60. The van der Waals surface area contributed by atoms with Crippen molar-refractivity contribution in [3.8, 4) is 11.6 Å². The van der Waals surface area contributed by atoms with Crippen molar-refractivity contribution in [3.05, 3.63) is 36.0 Å². The van der Waals surface area contributed by atoms with Crippen LogP contribution in [-0.2, 0) is 6.18 Å². The van der Waals surface area contributed by atoms with Gasteiger partial charge in [0.15, 0.2) is 0 Å². The molecule has 0 saturated heterocycles. The summed E-state index contributed by atoms with van der Waals surface area (Å²) in [5, 5.41) is 2.91. The molecule has 28 heavy (non-hydrogen) atoms. The normalized spacial score (nSPS) is 15.1. The largest absolute Gasteiger partial charge is 0.493 e. The van der Waals surface area contributed by atoms with E-state index >= 15 is 0 Å². The molecule has 1 saturated carbocycles. The van der Waals surface area contributed by atoms with Gasteiger partial charge in [-0.15, -0.1) is 0 Å². The van der Waals surface area contributed by atoms with E-state index in [-0.39, 0.29) is 12.1 Å². The molecular weight excluding hydrogens is 371 g/mol. The van der Waals surface area contributed by atoms with Gasteiger partial charge in [-0.05, 0) is 55.9 Å². The van der Waals surface area contributed by atoms with E-state index in [9.17, 15) is 13.2 Å². The lowest BCUT2D eigenvalue weighted by Gasteiger charge is -2.17. The Morgan fingerprint density at radius 2 is 1.82 bits per heavy atom.